The lowest BCUT2D eigenvalue weighted by atomic mass is 10.2. The number of rotatable bonds is 8. The van der Waals surface area contributed by atoms with Crippen LogP contribution in [0.15, 0.2) is 36.5 Å². The molecule has 0 saturated carbocycles. The standard InChI is InChI=1S/C21H21N5O7.ClH/c1-29-16-9-12(10-17(30-2)19(16)31-3)23-21-22-11-14(26(27)28)20(25-21)24-13-5-4-6-15-18(13)33-8-7-32-15;/h4-6,9-11H,7-8H2,1-3H3,(H2,22,23,24,25);1H. The molecule has 13 heteroatoms. The highest BCUT2D eigenvalue weighted by Gasteiger charge is 2.22. The normalized spacial score (nSPS) is 11.6. The van der Waals surface area contributed by atoms with Crippen molar-refractivity contribution >= 4 is 41.2 Å². The van der Waals surface area contributed by atoms with Crippen LogP contribution in [0.3, 0.4) is 0 Å². The molecule has 34 heavy (non-hydrogen) atoms. The number of benzene rings is 2. The molecular formula is C21H22ClN5O7. The summed E-state index contributed by atoms with van der Waals surface area (Å²) < 4.78 is 27.3. The summed E-state index contributed by atoms with van der Waals surface area (Å²) in [7, 11) is 4.50. The average Bonchev–Trinajstić information content (AvgIpc) is 2.83. The maximum Gasteiger partial charge on any atom is 0.329 e. The summed E-state index contributed by atoms with van der Waals surface area (Å²) in [4.78, 5) is 19.4. The van der Waals surface area contributed by atoms with Gasteiger partial charge in [0.2, 0.25) is 17.5 Å². The number of nitrogens with zero attached hydrogens (tertiary/aromatic N) is 3. The van der Waals surface area contributed by atoms with Crippen LogP contribution in [0.2, 0.25) is 0 Å². The minimum absolute atomic E-state index is 0. The van der Waals surface area contributed by atoms with Crippen molar-refractivity contribution in [2.45, 2.75) is 0 Å². The van der Waals surface area contributed by atoms with E-state index in [4.69, 9.17) is 23.7 Å². The van der Waals surface area contributed by atoms with Crippen LogP contribution >= 0.6 is 12.4 Å². The molecule has 1 aliphatic rings. The van der Waals surface area contributed by atoms with Gasteiger partial charge < -0.3 is 34.3 Å². The van der Waals surface area contributed by atoms with Crippen LogP contribution in [0.4, 0.5) is 28.8 Å². The Morgan fingerprint density at radius 1 is 1.03 bits per heavy atom. The van der Waals surface area contributed by atoms with Crippen LogP contribution in [0.1, 0.15) is 0 Å². The molecule has 1 aliphatic heterocycles. The summed E-state index contributed by atoms with van der Waals surface area (Å²) in [6.45, 7) is 0.790. The Labute approximate surface area is 200 Å². The molecule has 180 valence electrons. The van der Waals surface area contributed by atoms with Gasteiger partial charge in [-0.15, -0.1) is 12.4 Å². The number of fused-ring (bicyclic) bond motifs is 1. The van der Waals surface area contributed by atoms with Crippen LogP contribution < -0.4 is 34.3 Å². The summed E-state index contributed by atoms with van der Waals surface area (Å²) in [6, 6.07) is 8.55. The molecule has 0 radical (unpaired) electrons. The Morgan fingerprint density at radius 2 is 1.74 bits per heavy atom. The second-order valence-electron chi connectivity index (χ2n) is 6.68. The van der Waals surface area contributed by atoms with E-state index in [0.717, 1.165) is 6.20 Å². The molecule has 2 N–H and O–H groups in total. The number of halogens is 1. The van der Waals surface area contributed by atoms with E-state index in [1.54, 1.807) is 30.3 Å². The summed E-state index contributed by atoms with van der Waals surface area (Å²) in [6.07, 6.45) is 1.11. The van der Waals surface area contributed by atoms with E-state index in [0.29, 0.717) is 53.3 Å². The highest BCUT2D eigenvalue weighted by molar-refractivity contribution is 5.85. The van der Waals surface area contributed by atoms with E-state index in [1.807, 2.05) is 0 Å². The molecule has 12 nitrogen and oxygen atoms in total. The molecule has 3 aromatic rings. The van der Waals surface area contributed by atoms with Gasteiger partial charge in [0.25, 0.3) is 0 Å². The van der Waals surface area contributed by atoms with Gasteiger partial charge in [0, 0.05) is 17.8 Å². The smallest absolute Gasteiger partial charge is 0.329 e. The van der Waals surface area contributed by atoms with Gasteiger partial charge >= 0.3 is 5.69 Å². The third kappa shape index (κ3) is 4.91. The molecular weight excluding hydrogens is 470 g/mol. The predicted octanol–water partition coefficient (Wildman–Crippen LogP) is 4.09. The van der Waals surface area contributed by atoms with Gasteiger partial charge in [-0.25, -0.2) is 4.98 Å². The Bertz CT molecular complexity index is 1170. The van der Waals surface area contributed by atoms with E-state index >= 15 is 0 Å². The Balaban J connectivity index is 0.00000324. The van der Waals surface area contributed by atoms with E-state index in [9.17, 15) is 10.1 Å². The number of nitrogens with one attached hydrogen (secondary N) is 2. The van der Waals surface area contributed by atoms with Crippen molar-refractivity contribution in [2.24, 2.45) is 0 Å². The molecule has 0 atom stereocenters. The number of hydrogen-bond acceptors (Lipinski definition) is 11. The lowest BCUT2D eigenvalue weighted by Crippen LogP contribution is -2.16. The molecule has 0 saturated heterocycles. The van der Waals surface area contributed by atoms with Gasteiger partial charge in [-0.05, 0) is 12.1 Å². The zero-order valence-electron chi connectivity index (χ0n) is 18.5. The van der Waals surface area contributed by atoms with E-state index < -0.39 is 4.92 Å². The monoisotopic (exact) mass is 491 g/mol. The minimum atomic E-state index is -0.571. The van der Waals surface area contributed by atoms with Crippen LogP contribution in [0.25, 0.3) is 0 Å². The highest BCUT2D eigenvalue weighted by Crippen LogP contribution is 2.41. The molecule has 2 heterocycles. The van der Waals surface area contributed by atoms with Gasteiger partial charge in [-0.3, -0.25) is 10.1 Å². The fraction of sp³-hybridized carbons (Fsp3) is 0.238. The largest absolute Gasteiger partial charge is 0.493 e. The summed E-state index contributed by atoms with van der Waals surface area (Å²) in [5.41, 5.74) is 0.700. The lowest BCUT2D eigenvalue weighted by molar-refractivity contribution is -0.384. The van der Waals surface area contributed by atoms with Crippen molar-refractivity contribution in [2.75, 3.05) is 45.2 Å². The molecule has 0 amide bonds. The van der Waals surface area contributed by atoms with Crippen molar-refractivity contribution < 1.29 is 28.6 Å². The van der Waals surface area contributed by atoms with Gasteiger partial charge in [0.1, 0.15) is 19.4 Å². The first kappa shape index (κ1) is 24.5. The second-order valence-corrected chi connectivity index (χ2v) is 6.68. The number of ether oxygens (including phenoxy) is 5. The molecule has 0 spiro atoms. The van der Waals surface area contributed by atoms with Gasteiger partial charge in [0.15, 0.2) is 23.0 Å². The number of para-hydroxylation sites is 1. The Morgan fingerprint density at radius 3 is 2.38 bits per heavy atom. The van der Waals surface area contributed by atoms with Crippen molar-refractivity contribution in [1.29, 1.82) is 0 Å². The number of nitro groups is 1. The number of aromatic nitrogens is 2. The quantitative estimate of drug-likeness (QED) is 0.347. The van der Waals surface area contributed by atoms with E-state index in [2.05, 4.69) is 20.6 Å². The molecule has 0 bridgehead atoms. The van der Waals surface area contributed by atoms with Crippen LogP contribution in [0.5, 0.6) is 28.7 Å². The molecule has 1 aromatic heterocycles. The van der Waals surface area contributed by atoms with Crippen molar-refractivity contribution in [3.8, 4) is 28.7 Å². The van der Waals surface area contributed by atoms with Crippen molar-refractivity contribution in [3.05, 3.63) is 46.6 Å². The second kappa shape index (κ2) is 10.6. The number of anilines is 4. The SMILES string of the molecule is COc1cc(Nc2ncc([N+](=O)[O-])c(Nc3cccc4c3OCCO4)n2)cc(OC)c1OC.Cl. The zero-order valence-corrected chi connectivity index (χ0v) is 19.3. The lowest BCUT2D eigenvalue weighted by Gasteiger charge is -2.21. The van der Waals surface area contributed by atoms with Crippen LogP contribution in [0, 0.1) is 10.1 Å². The third-order valence-corrected chi connectivity index (χ3v) is 4.71. The molecule has 2 aromatic carbocycles. The molecule has 0 fully saturated rings. The Kier molecular flexibility index (Phi) is 7.64. The van der Waals surface area contributed by atoms with Crippen LogP contribution in [-0.4, -0.2) is 49.4 Å². The van der Waals surface area contributed by atoms with Gasteiger partial charge in [-0.1, -0.05) is 6.07 Å². The topological polar surface area (TPSA) is 139 Å². The van der Waals surface area contributed by atoms with Gasteiger partial charge in [-0.2, -0.15) is 4.98 Å². The number of methoxy groups -OCH3 is 3. The number of hydrogen-bond donors (Lipinski definition) is 2. The fourth-order valence-corrected chi connectivity index (χ4v) is 3.24. The maximum atomic E-state index is 11.6. The molecule has 4 rings (SSSR count). The van der Waals surface area contributed by atoms with E-state index in [-0.39, 0.29) is 29.9 Å². The van der Waals surface area contributed by atoms with Crippen molar-refractivity contribution in [3.63, 3.8) is 0 Å². The van der Waals surface area contributed by atoms with E-state index in [1.165, 1.54) is 21.3 Å². The van der Waals surface area contributed by atoms with Crippen molar-refractivity contribution in [1.82, 2.24) is 9.97 Å². The minimum Gasteiger partial charge on any atom is -0.493 e. The first-order valence-electron chi connectivity index (χ1n) is 9.78. The molecule has 0 unspecified atom stereocenters. The van der Waals surface area contributed by atoms with Gasteiger partial charge in [0.05, 0.1) is 31.9 Å². The molecule has 0 aliphatic carbocycles. The van der Waals surface area contributed by atoms with Crippen LogP contribution in [-0.2, 0) is 0 Å². The fourth-order valence-electron chi connectivity index (χ4n) is 3.24. The first-order valence-corrected chi connectivity index (χ1v) is 9.78. The zero-order chi connectivity index (χ0) is 23.4. The summed E-state index contributed by atoms with van der Waals surface area (Å²) in [5, 5.41) is 17.5. The Hall–Kier alpha value is -4.19. The third-order valence-electron chi connectivity index (χ3n) is 4.71. The first-order chi connectivity index (χ1) is 16.0. The predicted molar refractivity (Wildman–Crippen MR) is 126 cm³/mol. The highest BCUT2D eigenvalue weighted by atomic mass is 35.5. The summed E-state index contributed by atoms with van der Waals surface area (Å²) >= 11 is 0. The maximum absolute atomic E-state index is 11.6. The summed E-state index contributed by atoms with van der Waals surface area (Å²) in [5.74, 6) is 2.36. The average molecular weight is 492 g/mol.